The van der Waals surface area contributed by atoms with Crippen LogP contribution in [0, 0.1) is 5.82 Å². The zero-order valence-electron chi connectivity index (χ0n) is 9.90. The fourth-order valence-corrected chi connectivity index (χ4v) is 2.43. The third-order valence-corrected chi connectivity index (χ3v) is 3.43. The maximum absolute atomic E-state index is 13.8. The average molecular weight is 331 g/mol. The lowest BCUT2D eigenvalue weighted by Crippen LogP contribution is -2.52. The van der Waals surface area contributed by atoms with Crippen LogP contribution in [0.1, 0.15) is 12.8 Å². The molecule has 5 nitrogen and oxygen atoms in total. The molecule has 0 radical (unpaired) electrons. The Labute approximate surface area is 117 Å². The SMILES string of the molecule is O=C(O)NC1CCCN(c2ccc(Br)cc2F)C1=O. The number of hydrogen-bond donors (Lipinski definition) is 2. The fraction of sp³-hybridized carbons (Fsp3) is 0.333. The van der Waals surface area contributed by atoms with Crippen LogP contribution in [-0.4, -0.2) is 29.7 Å². The number of rotatable bonds is 2. The zero-order valence-corrected chi connectivity index (χ0v) is 11.5. The largest absolute Gasteiger partial charge is 0.465 e. The maximum Gasteiger partial charge on any atom is 0.405 e. The minimum Gasteiger partial charge on any atom is -0.465 e. The summed E-state index contributed by atoms with van der Waals surface area (Å²) in [5, 5.41) is 10.8. The summed E-state index contributed by atoms with van der Waals surface area (Å²) in [6, 6.07) is 3.60. The lowest BCUT2D eigenvalue weighted by atomic mass is 10.0. The second-order valence-electron chi connectivity index (χ2n) is 4.23. The number of carbonyl (C=O) groups is 2. The van der Waals surface area contributed by atoms with E-state index in [0.717, 1.165) is 0 Å². The van der Waals surface area contributed by atoms with Gasteiger partial charge in [0.15, 0.2) is 0 Å². The van der Waals surface area contributed by atoms with E-state index in [-0.39, 0.29) is 5.69 Å². The first-order valence-electron chi connectivity index (χ1n) is 5.75. The van der Waals surface area contributed by atoms with Crippen molar-refractivity contribution in [2.24, 2.45) is 0 Å². The summed E-state index contributed by atoms with van der Waals surface area (Å²) >= 11 is 3.15. The van der Waals surface area contributed by atoms with Gasteiger partial charge >= 0.3 is 6.09 Å². The van der Waals surface area contributed by atoms with Crippen molar-refractivity contribution in [2.45, 2.75) is 18.9 Å². The number of nitrogens with zero attached hydrogens (tertiary/aromatic N) is 1. The number of hydrogen-bond acceptors (Lipinski definition) is 2. The van der Waals surface area contributed by atoms with E-state index in [4.69, 9.17) is 5.11 Å². The smallest absolute Gasteiger partial charge is 0.405 e. The Balaban J connectivity index is 2.24. The summed E-state index contributed by atoms with van der Waals surface area (Å²) in [5.74, 6) is -0.937. The fourth-order valence-electron chi connectivity index (χ4n) is 2.10. The molecule has 1 atom stereocenters. The number of amides is 2. The van der Waals surface area contributed by atoms with Gasteiger partial charge in [0.05, 0.1) is 5.69 Å². The molecule has 1 aliphatic rings. The number of nitrogens with one attached hydrogen (secondary N) is 1. The quantitative estimate of drug-likeness (QED) is 0.874. The van der Waals surface area contributed by atoms with Crippen LogP contribution in [0.15, 0.2) is 22.7 Å². The van der Waals surface area contributed by atoms with E-state index in [1.54, 1.807) is 6.07 Å². The highest BCUT2D eigenvalue weighted by Gasteiger charge is 2.31. The Morgan fingerprint density at radius 2 is 2.26 bits per heavy atom. The van der Waals surface area contributed by atoms with Gasteiger partial charge in [-0.05, 0) is 31.0 Å². The molecule has 2 N–H and O–H groups in total. The van der Waals surface area contributed by atoms with Crippen molar-refractivity contribution < 1.29 is 19.1 Å². The van der Waals surface area contributed by atoms with Gasteiger partial charge in [0, 0.05) is 11.0 Å². The Morgan fingerprint density at radius 3 is 2.89 bits per heavy atom. The summed E-state index contributed by atoms with van der Waals surface area (Å²) in [7, 11) is 0. The molecule has 1 aromatic carbocycles. The number of benzene rings is 1. The van der Waals surface area contributed by atoms with Gasteiger partial charge in [0.2, 0.25) is 5.91 Å². The number of piperidine rings is 1. The molecular weight excluding hydrogens is 319 g/mol. The molecule has 0 aliphatic carbocycles. The van der Waals surface area contributed by atoms with Gasteiger partial charge < -0.3 is 15.3 Å². The van der Waals surface area contributed by atoms with Crippen molar-refractivity contribution in [2.75, 3.05) is 11.4 Å². The second kappa shape index (κ2) is 5.56. The van der Waals surface area contributed by atoms with Crippen molar-refractivity contribution in [1.29, 1.82) is 0 Å². The van der Waals surface area contributed by atoms with Gasteiger partial charge in [-0.3, -0.25) is 4.79 Å². The van der Waals surface area contributed by atoms with Crippen LogP contribution in [0.3, 0.4) is 0 Å². The van der Waals surface area contributed by atoms with Gasteiger partial charge in [-0.25, -0.2) is 9.18 Å². The highest BCUT2D eigenvalue weighted by molar-refractivity contribution is 9.10. The van der Waals surface area contributed by atoms with Gasteiger partial charge in [-0.2, -0.15) is 0 Å². The van der Waals surface area contributed by atoms with Crippen molar-refractivity contribution >= 4 is 33.6 Å². The molecule has 1 fully saturated rings. The van der Waals surface area contributed by atoms with Crippen LogP contribution in [0.25, 0.3) is 0 Å². The topological polar surface area (TPSA) is 69.6 Å². The summed E-state index contributed by atoms with van der Waals surface area (Å²) in [4.78, 5) is 24.0. The molecule has 0 bridgehead atoms. The number of halogens is 2. The van der Waals surface area contributed by atoms with E-state index in [9.17, 15) is 14.0 Å². The standard InChI is InChI=1S/C12H12BrFN2O3/c13-7-3-4-10(8(14)6-7)16-5-1-2-9(11(16)17)15-12(18)19/h3-4,6,9,15H,1-2,5H2,(H,18,19). The molecular formula is C12H12BrFN2O3. The lowest BCUT2D eigenvalue weighted by molar-refractivity contribution is -0.121. The Hall–Kier alpha value is -1.63. The van der Waals surface area contributed by atoms with E-state index in [2.05, 4.69) is 21.2 Å². The van der Waals surface area contributed by atoms with Gasteiger partial charge in [0.1, 0.15) is 11.9 Å². The monoisotopic (exact) mass is 330 g/mol. The molecule has 1 aromatic rings. The maximum atomic E-state index is 13.8. The number of carboxylic acid groups (broad SMARTS) is 1. The third-order valence-electron chi connectivity index (χ3n) is 2.94. The predicted molar refractivity (Wildman–Crippen MR) is 70.6 cm³/mol. The summed E-state index contributed by atoms with van der Waals surface area (Å²) in [6.45, 7) is 0.384. The molecule has 7 heteroatoms. The van der Waals surface area contributed by atoms with E-state index in [0.29, 0.717) is 23.9 Å². The molecule has 0 saturated carbocycles. The van der Waals surface area contributed by atoms with Gasteiger partial charge in [0.25, 0.3) is 0 Å². The van der Waals surface area contributed by atoms with Crippen molar-refractivity contribution in [3.8, 4) is 0 Å². The van der Waals surface area contributed by atoms with Crippen LogP contribution in [0.4, 0.5) is 14.9 Å². The van der Waals surface area contributed by atoms with E-state index < -0.39 is 23.9 Å². The highest BCUT2D eigenvalue weighted by Crippen LogP contribution is 2.26. The molecule has 1 saturated heterocycles. The van der Waals surface area contributed by atoms with Crippen molar-refractivity contribution in [3.05, 3.63) is 28.5 Å². The lowest BCUT2D eigenvalue weighted by Gasteiger charge is -2.32. The molecule has 1 unspecified atom stereocenters. The van der Waals surface area contributed by atoms with E-state index in [1.165, 1.54) is 17.0 Å². The summed E-state index contributed by atoms with van der Waals surface area (Å²) in [5.41, 5.74) is 0.171. The zero-order chi connectivity index (χ0) is 14.0. The third kappa shape index (κ3) is 3.04. The predicted octanol–water partition coefficient (Wildman–Crippen LogP) is 2.35. The highest BCUT2D eigenvalue weighted by atomic mass is 79.9. The Bertz CT molecular complexity index is 524. The summed E-state index contributed by atoms with van der Waals surface area (Å²) in [6.07, 6.45) is -0.206. The Kier molecular flexibility index (Phi) is 4.04. The van der Waals surface area contributed by atoms with E-state index in [1.807, 2.05) is 0 Å². The molecule has 0 aromatic heterocycles. The number of anilines is 1. The van der Waals surface area contributed by atoms with Crippen molar-refractivity contribution in [3.63, 3.8) is 0 Å². The first-order valence-corrected chi connectivity index (χ1v) is 6.54. The molecule has 0 spiro atoms. The van der Waals surface area contributed by atoms with Crippen LogP contribution in [0.2, 0.25) is 0 Å². The molecule has 1 heterocycles. The molecule has 19 heavy (non-hydrogen) atoms. The molecule has 102 valence electrons. The molecule has 2 amide bonds. The number of carbonyl (C=O) groups excluding carboxylic acids is 1. The summed E-state index contributed by atoms with van der Waals surface area (Å²) < 4.78 is 14.4. The Morgan fingerprint density at radius 1 is 1.53 bits per heavy atom. The minimum atomic E-state index is -1.25. The van der Waals surface area contributed by atoms with Crippen LogP contribution in [-0.2, 0) is 4.79 Å². The molecule has 1 aliphatic heterocycles. The van der Waals surface area contributed by atoms with E-state index >= 15 is 0 Å². The average Bonchev–Trinajstić information content (AvgIpc) is 2.32. The first kappa shape index (κ1) is 13.8. The van der Waals surface area contributed by atoms with Crippen LogP contribution >= 0.6 is 15.9 Å². The van der Waals surface area contributed by atoms with Crippen molar-refractivity contribution in [1.82, 2.24) is 5.32 Å². The second-order valence-corrected chi connectivity index (χ2v) is 5.15. The molecule has 2 rings (SSSR count). The normalized spacial score (nSPS) is 19.4. The van der Waals surface area contributed by atoms with Gasteiger partial charge in [-0.15, -0.1) is 0 Å². The first-order chi connectivity index (χ1) is 8.99. The van der Waals surface area contributed by atoms with Gasteiger partial charge in [-0.1, -0.05) is 15.9 Å². The van der Waals surface area contributed by atoms with Crippen LogP contribution in [0.5, 0.6) is 0 Å². The van der Waals surface area contributed by atoms with Crippen LogP contribution < -0.4 is 10.2 Å². The minimum absolute atomic E-state index is 0.171.